The smallest absolute Gasteiger partial charge is 0.380 e. The van der Waals surface area contributed by atoms with E-state index in [0.29, 0.717) is 5.69 Å². The summed E-state index contributed by atoms with van der Waals surface area (Å²) in [6, 6.07) is 9.21. The number of hydrogen-bond donors (Lipinski definition) is 1. The molecule has 0 unspecified atom stereocenters. The van der Waals surface area contributed by atoms with Crippen molar-refractivity contribution in [1.29, 1.82) is 0 Å². The molecule has 3 aromatic rings. The van der Waals surface area contributed by atoms with Gasteiger partial charge in [0.15, 0.2) is 0 Å². The maximum atomic E-state index is 13.1. The molecule has 0 fully saturated rings. The summed E-state index contributed by atoms with van der Waals surface area (Å²) in [6.07, 6.45) is -1.28. The third-order valence-corrected chi connectivity index (χ3v) is 3.67. The number of halogens is 4. The molecule has 0 amide bonds. The standard InChI is InChI=1S/C16H11ClF3N3/c17-12-5-4-11(14(6-12)16(18,19)20)7-21-15-3-1-2-10-8-22-23-9-13(10)15/h1-6,8-9,21H,7H2. The van der Waals surface area contributed by atoms with Crippen LogP contribution in [0.3, 0.4) is 0 Å². The van der Waals surface area contributed by atoms with Gasteiger partial charge >= 0.3 is 6.18 Å². The Morgan fingerprint density at radius 1 is 1.04 bits per heavy atom. The van der Waals surface area contributed by atoms with Crippen LogP contribution < -0.4 is 5.32 Å². The normalized spacial score (nSPS) is 11.7. The van der Waals surface area contributed by atoms with Crippen molar-refractivity contribution in [2.45, 2.75) is 12.7 Å². The van der Waals surface area contributed by atoms with Crippen LogP contribution >= 0.6 is 11.6 Å². The van der Waals surface area contributed by atoms with Crippen molar-refractivity contribution in [3.05, 3.63) is 64.9 Å². The topological polar surface area (TPSA) is 37.8 Å². The van der Waals surface area contributed by atoms with Gasteiger partial charge in [-0.25, -0.2) is 0 Å². The second kappa shape index (κ2) is 6.04. The van der Waals surface area contributed by atoms with Gasteiger partial charge in [0.05, 0.1) is 18.0 Å². The van der Waals surface area contributed by atoms with Gasteiger partial charge in [0, 0.05) is 28.0 Å². The third kappa shape index (κ3) is 3.37. The summed E-state index contributed by atoms with van der Waals surface area (Å²) >= 11 is 5.68. The quantitative estimate of drug-likeness (QED) is 0.737. The molecule has 0 saturated carbocycles. The fraction of sp³-hybridized carbons (Fsp3) is 0.125. The van der Waals surface area contributed by atoms with Gasteiger partial charge in [-0.2, -0.15) is 23.4 Å². The highest BCUT2D eigenvalue weighted by Gasteiger charge is 2.33. The van der Waals surface area contributed by atoms with Crippen LogP contribution in [0, 0.1) is 0 Å². The summed E-state index contributed by atoms with van der Waals surface area (Å²) in [6.45, 7) is 0.0213. The lowest BCUT2D eigenvalue weighted by atomic mass is 10.1. The van der Waals surface area contributed by atoms with Gasteiger partial charge < -0.3 is 5.32 Å². The molecule has 0 atom stereocenters. The Balaban J connectivity index is 1.91. The van der Waals surface area contributed by atoms with E-state index in [2.05, 4.69) is 15.5 Å². The van der Waals surface area contributed by atoms with Crippen molar-refractivity contribution >= 4 is 28.1 Å². The van der Waals surface area contributed by atoms with Crippen LogP contribution in [0.5, 0.6) is 0 Å². The molecular formula is C16H11ClF3N3. The summed E-state index contributed by atoms with van der Waals surface area (Å²) < 4.78 is 39.3. The molecule has 3 nitrogen and oxygen atoms in total. The zero-order valence-corrected chi connectivity index (χ0v) is 12.5. The molecule has 3 rings (SSSR count). The van der Waals surface area contributed by atoms with Crippen LogP contribution in [0.25, 0.3) is 10.8 Å². The first-order valence-corrected chi connectivity index (χ1v) is 7.12. The zero-order valence-electron chi connectivity index (χ0n) is 11.7. The van der Waals surface area contributed by atoms with Gasteiger partial charge in [0.1, 0.15) is 0 Å². The predicted molar refractivity (Wildman–Crippen MR) is 83.3 cm³/mol. The Labute approximate surface area is 135 Å². The molecule has 0 saturated heterocycles. The molecule has 7 heteroatoms. The Kier molecular flexibility index (Phi) is 4.09. The monoisotopic (exact) mass is 337 g/mol. The number of nitrogens with zero attached hydrogens (tertiary/aromatic N) is 2. The summed E-state index contributed by atoms with van der Waals surface area (Å²) in [5.41, 5.74) is 0.0823. The number of hydrogen-bond acceptors (Lipinski definition) is 3. The van der Waals surface area contributed by atoms with Gasteiger partial charge in [0.2, 0.25) is 0 Å². The van der Waals surface area contributed by atoms with E-state index < -0.39 is 11.7 Å². The van der Waals surface area contributed by atoms with Crippen LogP contribution in [-0.4, -0.2) is 10.2 Å². The van der Waals surface area contributed by atoms with Crippen molar-refractivity contribution < 1.29 is 13.2 Å². The van der Waals surface area contributed by atoms with Crippen LogP contribution in [0.1, 0.15) is 11.1 Å². The Morgan fingerprint density at radius 2 is 1.83 bits per heavy atom. The van der Waals surface area contributed by atoms with Crippen molar-refractivity contribution in [1.82, 2.24) is 10.2 Å². The van der Waals surface area contributed by atoms with Crippen molar-refractivity contribution in [3.63, 3.8) is 0 Å². The SMILES string of the molecule is FC(F)(F)c1cc(Cl)ccc1CNc1cccc2cnncc12. The Morgan fingerprint density at radius 3 is 2.61 bits per heavy atom. The van der Waals surface area contributed by atoms with Gasteiger partial charge in [-0.15, -0.1) is 0 Å². The second-order valence-corrected chi connectivity index (χ2v) is 5.39. The van der Waals surface area contributed by atoms with E-state index in [4.69, 9.17) is 11.6 Å². The molecule has 0 radical (unpaired) electrons. The predicted octanol–water partition coefficient (Wildman–Crippen LogP) is 4.91. The number of fused-ring (bicyclic) bond motifs is 1. The number of anilines is 1. The maximum Gasteiger partial charge on any atom is 0.416 e. The molecule has 0 aliphatic rings. The lowest BCUT2D eigenvalue weighted by Gasteiger charge is -2.15. The highest BCUT2D eigenvalue weighted by molar-refractivity contribution is 6.30. The van der Waals surface area contributed by atoms with Gasteiger partial charge in [-0.3, -0.25) is 0 Å². The molecule has 0 bridgehead atoms. The van der Waals surface area contributed by atoms with E-state index in [-0.39, 0.29) is 17.1 Å². The number of aromatic nitrogens is 2. The molecule has 1 aromatic heterocycles. The van der Waals surface area contributed by atoms with Crippen LogP contribution in [0.15, 0.2) is 48.8 Å². The van der Waals surface area contributed by atoms with Gasteiger partial charge in [0.25, 0.3) is 0 Å². The number of nitrogens with one attached hydrogen (secondary N) is 1. The van der Waals surface area contributed by atoms with Crippen LogP contribution in [0.4, 0.5) is 18.9 Å². The first-order valence-electron chi connectivity index (χ1n) is 6.74. The number of benzene rings is 2. The lowest BCUT2D eigenvalue weighted by Crippen LogP contribution is -2.12. The fourth-order valence-electron chi connectivity index (χ4n) is 2.34. The van der Waals surface area contributed by atoms with E-state index in [1.165, 1.54) is 12.1 Å². The molecule has 23 heavy (non-hydrogen) atoms. The molecular weight excluding hydrogens is 327 g/mol. The third-order valence-electron chi connectivity index (χ3n) is 3.44. The van der Waals surface area contributed by atoms with E-state index in [1.54, 1.807) is 24.5 Å². The fourth-order valence-corrected chi connectivity index (χ4v) is 2.51. The minimum absolute atomic E-state index is 0.0213. The summed E-state index contributed by atoms with van der Waals surface area (Å²) in [7, 11) is 0. The van der Waals surface area contributed by atoms with E-state index >= 15 is 0 Å². The Hall–Kier alpha value is -2.34. The molecule has 0 aliphatic carbocycles. The summed E-state index contributed by atoms with van der Waals surface area (Å²) in [5.74, 6) is 0. The highest BCUT2D eigenvalue weighted by Crippen LogP contribution is 2.34. The summed E-state index contributed by atoms with van der Waals surface area (Å²) in [4.78, 5) is 0. The van der Waals surface area contributed by atoms with Gasteiger partial charge in [-0.1, -0.05) is 29.8 Å². The molecule has 0 spiro atoms. The highest BCUT2D eigenvalue weighted by atomic mass is 35.5. The number of rotatable bonds is 3. The molecule has 1 heterocycles. The van der Waals surface area contributed by atoms with E-state index in [1.807, 2.05) is 6.07 Å². The van der Waals surface area contributed by atoms with Crippen molar-refractivity contribution in [3.8, 4) is 0 Å². The molecule has 0 aliphatic heterocycles. The van der Waals surface area contributed by atoms with E-state index in [9.17, 15) is 13.2 Å². The first-order chi connectivity index (χ1) is 10.9. The minimum Gasteiger partial charge on any atom is -0.380 e. The average Bonchev–Trinajstić information content (AvgIpc) is 2.53. The maximum absolute atomic E-state index is 13.1. The molecule has 118 valence electrons. The van der Waals surface area contributed by atoms with Crippen molar-refractivity contribution in [2.75, 3.05) is 5.32 Å². The minimum atomic E-state index is -4.45. The van der Waals surface area contributed by atoms with Gasteiger partial charge in [-0.05, 0) is 23.8 Å². The Bertz CT molecular complexity index is 844. The largest absolute Gasteiger partial charge is 0.416 e. The molecule has 2 aromatic carbocycles. The van der Waals surface area contributed by atoms with Crippen LogP contribution in [-0.2, 0) is 12.7 Å². The summed E-state index contributed by atoms with van der Waals surface area (Å²) in [5, 5.41) is 12.3. The van der Waals surface area contributed by atoms with E-state index in [0.717, 1.165) is 16.8 Å². The molecule has 1 N–H and O–H groups in total. The average molecular weight is 338 g/mol. The number of alkyl halides is 3. The second-order valence-electron chi connectivity index (χ2n) is 4.95. The lowest BCUT2D eigenvalue weighted by molar-refractivity contribution is -0.138. The first kappa shape index (κ1) is 15.6. The van der Waals surface area contributed by atoms with Crippen molar-refractivity contribution in [2.24, 2.45) is 0 Å². The van der Waals surface area contributed by atoms with Crippen LogP contribution in [0.2, 0.25) is 5.02 Å². The zero-order chi connectivity index (χ0) is 16.4.